The second kappa shape index (κ2) is 6.42. The van der Waals surface area contributed by atoms with Crippen molar-refractivity contribution in [2.24, 2.45) is 0 Å². The molecule has 0 fully saturated rings. The number of likely N-dealkylation sites (N-methyl/N-ethyl adjacent to an activating group) is 2. The number of carbonyl (C=O) groups is 1. The average Bonchev–Trinajstić information content (AvgIpc) is 2.56. The maximum atomic E-state index is 12.9. The first-order valence-corrected chi connectivity index (χ1v) is 8.09. The Bertz CT molecular complexity index is 644. The molecule has 2 aromatic rings. The zero-order valence-corrected chi connectivity index (χ0v) is 13.6. The topological polar surface area (TPSA) is 35.6 Å². The van der Waals surface area contributed by atoms with Crippen molar-refractivity contribution in [3.8, 4) is 0 Å². The van der Waals surface area contributed by atoms with Gasteiger partial charge in [-0.05, 0) is 31.3 Å². The molecule has 4 nitrogen and oxygen atoms in total. The van der Waals surface area contributed by atoms with Gasteiger partial charge in [0.15, 0.2) is 0 Å². The number of nitrogens with zero attached hydrogens (tertiary/aromatic N) is 2. The van der Waals surface area contributed by atoms with E-state index in [1.165, 1.54) is 0 Å². The summed E-state index contributed by atoms with van der Waals surface area (Å²) in [4.78, 5) is 18.7. The molecule has 0 unspecified atom stereocenters. The minimum atomic E-state index is -0.00421. The Balaban J connectivity index is 2.01. The molecule has 1 N–H and O–H groups in total. The van der Waals surface area contributed by atoms with Crippen molar-refractivity contribution in [1.29, 1.82) is 0 Å². The van der Waals surface area contributed by atoms with Crippen LogP contribution in [0.5, 0.6) is 0 Å². The van der Waals surface area contributed by atoms with Gasteiger partial charge in [-0.15, -0.1) is 0 Å². The lowest BCUT2D eigenvalue weighted by Crippen LogP contribution is -2.42. The molecule has 0 saturated carbocycles. The number of nitrogens with one attached hydrogen (secondary N) is 1. The molecular formula is C17H19N3OS. The van der Waals surface area contributed by atoms with E-state index in [1.54, 1.807) is 16.7 Å². The SMILES string of the molecule is CNCCN(C)C(=O)N1c2ccccc2Sc2ccccc21. The van der Waals surface area contributed by atoms with Gasteiger partial charge < -0.3 is 10.2 Å². The summed E-state index contributed by atoms with van der Waals surface area (Å²) in [7, 11) is 3.73. The molecular weight excluding hydrogens is 294 g/mol. The van der Waals surface area contributed by atoms with Crippen LogP contribution in [0.4, 0.5) is 16.2 Å². The summed E-state index contributed by atoms with van der Waals surface area (Å²) >= 11 is 1.71. The van der Waals surface area contributed by atoms with Crippen LogP contribution in [0.2, 0.25) is 0 Å². The van der Waals surface area contributed by atoms with Gasteiger partial charge in [-0.2, -0.15) is 0 Å². The highest BCUT2D eigenvalue weighted by Gasteiger charge is 2.29. The van der Waals surface area contributed by atoms with E-state index in [-0.39, 0.29) is 6.03 Å². The molecule has 114 valence electrons. The fraction of sp³-hybridized carbons (Fsp3) is 0.235. The first-order chi connectivity index (χ1) is 10.7. The number of hydrogen-bond acceptors (Lipinski definition) is 3. The summed E-state index contributed by atoms with van der Waals surface area (Å²) in [5.74, 6) is 0. The van der Waals surface area contributed by atoms with Gasteiger partial charge in [0.05, 0.1) is 11.4 Å². The lowest BCUT2D eigenvalue weighted by molar-refractivity contribution is 0.218. The minimum absolute atomic E-state index is 0.00421. The lowest BCUT2D eigenvalue weighted by Gasteiger charge is -2.33. The van der Waals surface area contributed by atoms with Gasteiger partial charge in [0, 0.05) is 29.9 Å². The zero-order valence-electron chi connectivity index (χ0n) is 12.7. The second-order valence-electron chi connectivity index (χ2n) is 5.18. The highest BCUT2D eigenvalue weighted by Crippen LogP contribution is 2.48. The molecule has 3 rings (SSSR count). The molecule has 0 aliphatic carbocycles. The number of carbonyl (C=O) groups excluding carboxylic acids is 1. The van der Waals surface area contributed by atoms with E-state index in [9.17, 15) is 4.79 Å². The zero-order chi connectivity index (χ0) is 15.5. The lowest BCUT2D eigenvalue weighted by atomic mass is 10.2. The Morgan fingerprint density at radius 3 is 2.18 bits per heavy atom. The minimum Gasteiger partial charge on any atom is -0.326 e. The Kier molecular flexibility index (Phi) is 4.36. The Morgan fingerprint density at radius 2 is 1.64 bits per heavy atom. The molecule has 0 atom stereocenters. The molecule has 2 amide bonds. The van der Waals surface area contributed by atoms with Crippen LogP contribution in [0.25, 0.3) is 0 Å². The molecule has 1 heterocycles. The average molecular weight is 313 g/mol. The number of benzene rings is 2. The second-order valence-corrected chi connectivity index (χ2v) is 6.26. The number of fused-ring (bicyclic) bond motifs is 2. The van der Waals surface area contributed by atoms with Crippen molar-refractivity contribution < 1.29 is 4.79 Å². The van der Waals surface area contributed by atoms with Crippen LogP contribution >= 0.6 is 11.8 Å². The van der Waals surface area contributed by atoms with Crippen LogP contribution in [-0.2, 0) is 0 Å². The van der Waals surface area contributed by atoms with E-state index in [0.717, 1.165) is 27.7 Å². The van der Waals surface area contributed by atoms with Crippen molar-refractivity contribution in [2.75, 3.05) is 32.1 Å². The predicted molar refractivity (Wildman–Crippen MR) is 91.1 cm³/mol. The number of rotatable bonds is 3. The van der Waals surface area contributed by atoms with Crippen molar-refractivity contribution in [3.05, 3.63) is 48.5 Å². The van der Waals surface area contributed by atoms with Gasteiger partial charge in [-0.25, -0.2) is 4.79 Å². The maximum Gasteiger partial charge on any atom is 0.328 e. The van der Waals surface area contributed by atoms with Crippen LogP contribution in [0.15, 0.2) is 58.3 Å². The molecule has 22 heavy (non-hydrogen) atoms. The van der Waals surface area contributed by atoms with Gasteiger partial charge in [0.2, 0.25) is 0 Å². The standard InChI is InChI=1S/C17H19N3OS/c1-18-11-12-19(2)17(21)20-13-7-3-5-9-15(13)22-16-10-6-4-8-14(16)20/h3-10,18H,11-12H2,1-2H3. The van der Waals surface area contributed by atoms with Crippen molar-refractivity contribution in [2.45, 2.75) is 9.79 Å². The van der Waals surface area contributed by atoms with Gasteiger partial charge in [0.25, 0.3) is 0 Å². The van der Waals surface area contributed by atoms with Crippen LogP contribution < -0.4 is 10.2 Å². The van der Waals surface area contributed by atoms with E-state index in [4.69, 9.17) is 0 Å². The van der Waals surface area contributed by atoms with Gasteiger partial charge in [-0.1, -0.05) is 36.0 Å². The predicted octanol–water partition coefficient (Wildman–Crippen LogP) is 3.56. The number of urea groups is 1. The van der Waals surface area contributed by atoms with Gasteiger partial charge in [-0.3, -0.25) is 4.90 Å². The van der Waals surface area contributed by atoms with Crippen molar-refractivity contribution in [1.82, 2.24) is 10.2 Å². The van der Waals surface area contributed by atoms with Crippen molar-refractivity contribution in [3.63, 3.8) is 0 Å². The fourth-order valence-corrected chi connectivity index (χ4v) is 3.51. The highest BCUT2D eigenvalue weighted by molar-refractivity contribution is 7.99. The Labute approximate surface area is 135 Å². The van der Waals surface area contributed by atoms with Crippen LogP contribution in [0, 0.1) is 0 Å². The molecule has 0 bridgehead atoms. The number of anilines is 2. The van der Waals surface area contributed by atoms with E-state index >= 15 is 0 Å². The van der Waals surface area contributed by atoms with Crippen molar-refractivity contribution >= 4 is 29.2 Å². The Hall–Kier alpha value is -1.98. The summed E-state index contributed by atoms with van der Waals surface area (Å²) in [6.45, 7) is 1.44. The molecule has 0 spiro atoms. The summed E-state index contributed by atoms with van der Waals surface area (Å²) in [6.07, 6.45) is 0. The van der Waals surface area contributed by atoms with E-state index < -0.39 is 0 Å². The largest absolute Gasteiger partial charge is 0.328 e. The Morgan fingerprint density at radius 1 is 1.09 bits per heavy atom. The quantitative estimate of drug-likeness (QED) is 0.941. The van der Waals surface area contributed by atoms with E-state index in [2.05, 4.69) is 17.4 Å². The molecule has 1 aliphatic heterocycles. The van der Waals surface area contributed by atoms with Crippen LogP contribution in [-0.4, -0.2) is 38.1 Å². The fourth-order valence-electron chi connectivity index (χ4n) is 2.46. The third-order valence-electron chi connectivity index (χ3n) is 3.65. The summed E-state index contributed by atoms with van der Waals surface area (Å²) < 4.78 is 0. The van der Waals surface area contributed by atoms with Gasteiger partial charge >= 0.3 is 6.03 Å². The summed E-state index contributed by atoms with van der Waals surface area (Å²) in [6, 6.07) is 16.1. The summed E-state index contributed by atoms with van der Waals surface area (Å²) in [5.41, 5.74) is 1.90. The third-order valence-corrected chi connectivity index (χ3v) is 4.78. The highest BCUT2D eigenvalue weighted by atomic mass is 32.2. The van der Waals surface area contributed by atoms with E-state index in [0.29, 0.717) is 6.54 Å². The first-order valence-electron chi connectivity index (χ1n) is 7.28. The molecule has 0 radical (unpaired) electrons. The molecule has 0 saturated heterocycles. The normalized spacial score (nSPS) is 12.5. The molecule has 1 aliphatic rings. The monoisotopic (exact) mass is 313 g/mol. The number of amides is 2. The third kappa shape index (κ3) is 2.69. The molecule has 0 aromatic heterocycles. The van der Waals surface area contributed by atoms with E-state index in [1.807, 2.05) is 55.4 Å². The van der Waals surface area contributed by atoms with Crippen LogP contribution in [0.1, 0.15) is 0 Å². The first kappa shape index (κ1) is 14.9. The molecule has 2 aromatic carbocycles. The summed E-state index contributed by atoms with van der Waals surface area (Å²) in [5, 5.41) is 3.08. The number of para-hydroxylation sites is 2. The maximum absolute atomic E-state index is 12.9. The van der Waals surface area contributed by atoms with Gasteiger partial charge in [0.1, 0.15) is 0 Å². The number of hydrogen-bond donors (Lipinski definition) is 1. The molecule has 5 heteroatoms. The van der Waals surface area contributed by atoms with Crippen LogP contribution in [0.3, 0.4) is 0 Å². The smallest absolute Gasteiger partial charge is 0.326 e.